The van der Waals surface area contributed by atoms with Gasteiger partial charge in [-0.1, -0.05) is 0 Å². The second-order valence-electron chi connectivity index (χ2n) is 6.40. The molecule has 0 saturated heterocycles. The Morgan fingerprint density at radius 2 is 1.24 bits per heavy atom. The van der Waals surface area contributed by atoms with Crippen LogP contribution < -0.4 is 24.8 Å². The van der Waals surface area contributed by atoms with E-state index in [1.165, 1.54) is 0 Å². The molecule has 0 amide bonds. The van der Waals surface area contributed by atoms with E-state index in [0.29, 0.717) is 31.7 Å². The Labute approximate surface area is 169 Å². The highest BCUT2D eigenvalue weighted by Gasteiger charge is 2.09. The van der Waals surface area contributed by atoms with E-state index in [-0.39, 0.29) is 6.01 Å². The monoisotopic (exact) mass is 393 g/mol. The van der Waals surface area contributed by atoms with Crippen LogP contribution in [0.15, 0.2) is 48.5 Å². The zero-order valence-corrected chi connectivity index (χ0v) is 16.2. The van der Waals surface area contributed by atoms with E-state index in [1.54, 1.807) is 0 Å². The van der Waals surface area contributed by atoms with Gasteiger partial charge < -0.3 is 24.8 Å². The topological polar surface area (TPSA) is 90.4 Å². The van der Waals surface area contributed by atoms with Gasteiger partial charge in [0.05, 0.1) is 19.8 Å². The maximum atomic E-state index is 5.79. The molecule has 5 heterocycles. The van der Waals surface area contributed by atoms with Gasteiger partial charge in [-0.25, -0.2) is 0 Å². The fourth-order valence-corrected chi connectivity index (χ4v) is 2.77. The number of benzene rings is 2. The van der Waals surface area contributed by atoms with Crippen LogP contribution in [0.3, 0.4) is 0 Å². The molecule has 8 heteroatoms. The van der Waals surface area contributed by atoms with Gasteiger partial charge in [-0.05, 0) is 68.3 Å². The summed E-state index contributed by atoms with van der Waals surface area (Å²) in [6, 6.07) is 15.6. The molecule has 29 heavy (non-hydrogen) atoms. The molecular formula is C21H23N5O3. The first-order valence-corrected chi connectivity index (χ1v) is 9.67. The highest BCUT2D eigenvalue weighted by atomic mass is 16.5. The summed E-state index contributed by atoms with van der Waals surface area (Å²) in [7, 11) is 0. The van der Waals surface area contributed by atoms with Crippen LogP contribution in [0, 0.1) is 0 Å². The maximum Gasteiger partial charge on any atom is 0.323 e. The first-order valence-electron chi connectivity index (χ1n) is 9.67. The zero-order chi connectivity index (χ0) is 19.9. The van der Waals surface area contributed by atoms with E-state index in [4.69, 9.17) is 14.2 Å². The minimum absolute atomic E-state index is 0.248. The van der Waals surface area contributed by atoms with Gasteiger partial charge in [-0.2, -0.15) is 15.0 Å². The number of ether oxygens (including phenoxy) is 3. The lowest BCUT2D eigenvalue weighted by Crippen LogP contribution is -2.07. The molecule has 2 N–H and O–H groups in total. The lowest BCUT2D eigenvalue weighted by molar-refractivity contribution is 0.266. The highest BCUT2D eigenvalue weighted by molar-refractivity contribution is 5.59. The van der Waals surface area contributed by atoms with Crippen molar-refractivity contribution in [2.75, 3.05) is 30.5 Å². The van der Waals surface area contributed by atoms with Crippen LogP contribution in [0.1, 0.15) is 19.8 Å². The normalized spacial score (nSPS) is 13.7. The van der Waals surface area contributed by atoms with E-state index in [2.05, 4.69) is 25.6 Å². The Morgan fingerprint density at radius 3 is 1.69 bits per heavy atom. The number of nitrogens with one attached hydrogen (secondary N) is 2. The molecule has 8 nitrogen and oxygen atoms in total. The average molecular weight is 393 g/mol. The van der Waals surface area contributed by atoms with Crippen molar-refractivity contribution >= 4 is 23.3 Å². The van der Waals surface area contributed by atoms with Crippen molar-refractivity contribution in [2.24, 2.45) is 0 Å². The molecule has 0 fully saturated rings. The lowest BCUT2D eigenvalue weighted by Gasteiger charge is -2.11. The van der Waals surface area contributed by atoms with E-state index >= 15 is 0 Å². The number of nitrogens with zero attached hydrogens (tertiary/aromatic N) is 3. The average Bonchev–Trinajstić information content (AvgIpc) is 2.73. The van der Waals surface area contributed by atoms with E-state index in [1.807, 2.05) is 55.5 Å². The van der Waals surface area contributed by atoms with E-state index in [0.717, 1.165) is 35.7 Å². The molecule has 4 aliphatic rings. The summed E-state index contributed by atoms with van der Waals surface area (Å²) >= 11 is 0. The van der Waals surface area contributed by atoms with Gasteiger partial charge in [0.1, 0.15) is 11.5 Å². The van der Waals surface area contributed by atoms with Crippen molar-refractivity contribution in [3.63, 3.8) is 0 Å². The lowest BCUT2D eigenvalue weighted by atomic mass is 10.3. The van der Waals surface area contributed by atoms with Gasteiger partial charge in [-0.15, -0.1) is 0 Å². The van der Waals surface area contributed by atoms with E-state index in [9.17, 15) is 0 Å². The second kappa shape index (κ2) is 9.09. The summed E-state index contributed by atoms with van der Waals surface area (Å²) in [5, 5.41) is 6.37. The second-order valence-corrected chi connectivity index (χ2v) is 6.40. The molecule has 4 aliphatic heterocycles. The number of hydrogen-bond acceptors (Lipinski definition) is 8. The van der Waals surface area contributed by atoms with Gasteiger partial charge in [0, 0.05) is 11.4 Å². The van der Waals surface area contributed by atoms with Crippen molar-refractivity contribution in [1.82, 2.24) is 15.0 Å². The van der Waals surface area contributed by atoms with Crippen LogP contribution in [0.25, 0.3) is 0 Å². The van der Waals surface area contributed by atoms with E-state index < -0.39 is 0 Å². The van der Waals surface area contributed by atoms with Crippen LogP contribution in [0.5, 0.6) is 17.5 Å². The van der Waals surface area contributed by atoms with Gasteiger partial charge in [0.2, 0.25) is 11.9 Å². The Morgan fingerprint density at radius 1 is 0.759 bits per heavy atom. The molecule has 150 valence electrons. The van der Waals surface area contributed by atoms with Crippen LogP contribution >= 0.6 is 0 Å². The Kier molecular flexibility index (Phi) is 5.89. The van der Waals surface area contributed by atoms with Gasteiger partial charge in [-0.3, -0.25) is 0 Å². The molecule has 0 aliphatic carbocycles. The van der Waals surface area contributed by atoms with Crippen LogP contribution in [0.2, 0.25) is 0 Å². The molecule has 0 radical (unpaired) electrons. The summed E-state index contributed by atoms with van der Waals surface area (Å²) in [6.45, 7) is 3.64. The molecule has 1 aromatic heterocycles. The summed E-state index contributed by atoms with van der Waals surface area (Å²) in [4.78, 5) is 13.1. The summed E-state index contributed by atoms with van der Waals surface area (Å²) < 4.78 is 17.1. The van der Waals surface area contributed by atoms with Crippen molar-refractivity contribution in [2.45, 2.75) is 19.8 Å². The minimum Gasteiger partial charge on any atom is -0.494 e. The third-order valence-electron chi connectivity index (χ3n) is 4.19. The Balaban J connectivity index is 1.64. The first-order chi connectivity index (χ1) is 14.3. The van der Waals surface area contributed by atoms with Gasteiger partial charge in [0.25, 0.3) is 0 Å². The molecule has 0 atom stereocenters. The number of aromatic nitrogens is 3. The molecule has 0 unspecified atom stereocenters. The molecule has 3 aromatic rings. The van der Waals surface area contributed by atoms with Crippen LogP contribution in [-0.2, 0) is 0 Å². The quantitative estimate of drug-likeness (QED) is 0.666. The largest absolute Gasteiger partial charge is 0.494 e. The molecule has 7 rings (SSSR count). The summed E-state index contributed by atoms with van der Waals surface area (Å²) in [5.74, 6) is 2.41. The van der Waals surface area contributed by atoms with Crippen LogP contribution in [0.4, 0.5) is 23.3 Å². The van der Waals surface area contributed by atoms with Crippen LogP contribution in [-0.4, -0.2) is 34.8 Å². The number of hydrogen-bond donors (Lipinski definition) is 2. The Hall–Kier alpha value is -3.55. The maximum absolute atomic E-state index is 5.79. The third kappa shape index (κ3) is 5.25. The smallest absolute Gasteiger partial charge is 0.323 e. The van der Waals surface area contributed by atoms with Crippen molar-refractivity contribution < 1.29 is 14.2 Å². The predicted octanol–water partition coefficient (Wildman–Crippen LogP) is 4.31. The molecule has 2 aromatic carbocycles. The summed E-state index contributed by atoms with van der Waals surface area (Å²) in [5.41, 5.74) is 1.68. The van der Waals surface area contributed by atoms with Gasteiger partial charge >= 0.3 is 6.01 Å². The minimum atomic E-state index is 0.248. The Bertz CT molecular complexity index is 860. The van der Waals surface area contributed by atoms with Crippen molar-refractivity contribution in [3.8, 4) is 17.5 Å². The first kappa shape index (κ1) is 18.8. The van der Waals surface area contributed by atoms with Crippen molar-refractivity contribution in [1.29, 1.82) is 0 Å². The SMILES string of the molecule is CCOc1nc2nc(n1)Nc1ccc(cc1)OCCCCOc1ccc(cc1)N2. The number of rotatable bonds is 2. The predicted molar refractivity (Wildman–Crippen MR) is 111 cm³/mol. The highest BCUT2D eigenvalue weighted by Crippen LogP contribution is 2.23. The van der Waals surface area contributed by atoms with Crippen molar-refractivity contribution in [3.05, 3.63) is 48.5 Å². The zero-order valence-electron chi connectivity index (χ0n) is 16.2. The third-order valence-corrected chi connectivity index (χ3v) is 4.19. The van der Waals surface area contributed by atoms with Gasteiger partial charge in [0.15, 0.2) is 0 Å². The fourth-order valence-electron chi connectivity index (χ4n) is 2.77. The fraction of sp³-hybridized carbons (Fsp3) is 0.286. The standard InChI is InChI=1S/C21H23N5O3/c1-2-27-21-25-19-22-15-5-9-17(10-6-15)28-13-3-4-14-29-18-11-7-16(8-12-18)23-20(24-19)26-21/h5-12H,2-4,13-14H2,1H3,(H2,22,23,24,25,26). The molecule has 0 saturated carbocycles. The molecular weight excluding hydrogens is 370 g/mol. The summed E-state index contributed by atoms with van der Waals surface area (Å²) in [6.07, 6.45) is 1.84. The molecule has 6 bridgehead atoms. The molecule has 0 spiro atoms. The number of anilines is 4.